The lowest BCUT2D eigenvalue weighted by Gasteiger charge is -2.38. The Hall–Kier alpha value is -3.26. The Kier molecular flexibility index (Phi) is 4.48. The van der Waals surface area contributed by atoms with E-state index >= 15 is 0 Å². The van der Waals surface area contributed by atoms with E-state index in [-0.39, 0.29) is 0 Å². The Bertz CT molecular complexity index is 1130. The lowest BCUT2D eigenvalue weighted by Crippen LogP contribution is -2.50. The molecule has 0 saturated carbocycles. The number of nitrogens with zero attached hydrogens (tertiary/aromatic N) is 4. The molecule has 0 unspecified atom stereocenters. The Morgan fingerprint density at radius 3 is 2.62 bits per heavy atom. The van der Waals surface area contributed by atoms with Gasteiger partial charge in [0.25, 0.3) is 0 Å². The maximum atomic E-state index is 12.0. The number of fused-ring (bicyclic) bond motifs is 1. The zero-order valence-electron chi connectivity index (χ0n) is 15.6. The number of hydrogen-bond acceptors (Lipinski definition) is 8. The minimum Gasteiger partial charge on any atom is -0.354 e. The summed E-state index contributed by atoms with van der Waals surface area (Å²) in [6.07, 6.45) is 2.30. The molecule has 8 heteroatoms. The molecule has 0 radical (unpaired) electrons. The number of aldehydes is 1. The summed E-state index contributed by atoms with van der Waals surface area (Å²) in [6.45, 7) is 1.43. The van der Waals surface area contributed by atoms with Crippen molar-refractivity contribution in [1.82, 2.24) is 14.5 Å². The number of piperidine rings is 1. The number of nitrogens with one attached hydrogen (secondary N) is 1. The predicted octanol–water partition coefficient (Wildman–Crippen LogP) is 4.00. The van der Waals surface area contributed by atoms with Crippen molar-refractivity contribution in [2.75, 3.05) is 23.3 Å². The van der Waals surface area contributed by atoms with E-state index in [1.807, 2.05) is 54.6 Å². The number of hydrogen-bond donors (Lipinski definition) is 1. The van der Waals surface area contributed by atoms with Gasteiger partial charge in [-0.05, 0) is 25.0 Å². The summed E-state index contributed by atoms with van der Waals surface area (Å²) in [6, 6.07) is 17.6. The van der Waals surface area contributed by atoms with Gasteiger partial charge in [-0.2, -0.15) is 9.36 Å². The van der Waals surface area contributed by atoms with E-state index in [4.69, 9.17) is 9.51 Å². The van der Waals surface area contributed by atoms with Crippen molar-refractivity contribution in [2.24, 2.45) is 0 Å². The number of benzene rings is 2. The maximum absolute atomic E-state index is 12.0. The first kappa shape index (κ1) is 17.8. The monoisotopic (exact) mass is 405 g/mol. The molecule has 0 atom stereocenters. The largest absolute Gasteiger partial charge is 0.354 e. The van der Waals surface area contributed by atoms with Crippen LogP contribution in [-0.4, -0.2) is 39.4 Å². The number of para-hydroxylation sites is 1. The fraction of sp³-hybridized carbons (Fsp3) is 0.238. The third kappa shape index (κ3) is 3.36. The second kappa shape index (κ2) is 7.29. The molecule has 146 valence electrons. The van der Waals surface area contributed by atoms with Crippen LogP contribution in [0.3, 0.4) is 0 Å². The number of anilines is 2. The molecule has 1 N–H and O–H groups in total. The molecule has 5 rings (SSSR count). The van der Waals surface area contributed by atoms with E-state index in [1.54, 1.807) is 0 Å². The summed E-state index contributed by atoms with van der Waals surface area (Å²) in [5.41, 5.74) is 1.05. The zero-order chi connectivity index (χ0) is 19.7. The van der Waals surface area contributed by atoms with E-state index in [0.717, 1.165) is 28.2 Å². The summed E-state index contributed by atoms with van der Waals surface area (Å²) in [4.78, 5) is 18.9. The minimum absolute atomic E-state index is 0.614. The normalized spacial score (nSPS) is 16.1. The highest BCUT2D eigenvalue weighted by Gasteiger charge is 2.36. The van der Waals surface area contributed by atoms with Crippen LogP contribution >= 0.6 is 11.5 Å². The fourth-order valence-electron chi connectivity index (χ4n) is 3.63. The molecule has 7 nitrogen and oxygen atoms in total. The molecule has 1 saturated heterocycles. The van der Waals surface area contributed by atoms with Crippen LogP contribution in [0.1, 0.15) is 12.8 Å². The second-order valence-electron chi connectivity index (χ2n) is 7.18. The highest BCUT2D eigenvalue weighted by Crippen LogP contribution is 2.32. The van der Waals surface area contributed by atoms with Gasteiger partial charge in [-0.25, -0.2) is 0 Å². The molecule has 3 heterocycles. The summed E-state index contributed by atoms with van der Waals surface area (Å²) in [7, 11) is 0. The topological polar surface area (TPSA) is 84.2 Å². The molecule has 1 fully saturated rings. The molecular formula is C21H19N5O2S. The standard InChI is InChI=1S/C21H19N5O2S/c27-14-21(23-19-16-8-4-5-9-17(16)28-24-19)10-12-26(13-11-21)20-22-18(25-29-20)15-6-2-1-3-7-15/h1-9,14H,10-13H2,(H,23,24). The summed E-state index contributed by atoms with van der Waals surface area (Å²) in [5, 5.41) is 9.22. The van der Waals surface area contributed by atoms with Gasteiger partial charge in [0.1, 0.15) is 6.29 Å². The van der Waals surface area contributed by atoms with Crippen LogP contribution < -0.4 is 10.2 Å². The first-order valence-electron chi connectivity index (χ1n) is 9.49. The molecule has 1 aliphatic heterocycles. The Morgan fingerprint density at radius 2 is 1.83 bits per heavy atom. The summed E-state index contributed by atoms with van der Waals surface area (Å²) in [5.74, 6) is 1.36. The zero-order valence-corrected chi connectivity index (χ0v) is 16.4. The lowest BCUT2D eigenvalue weighted by molar-refractivity contribution is -0.112. The molecular weight excluding hydrogens is 386 g/mol. The molecule has 2 aromatic heterocycles. The number of carbonyl (C=O) groups excluding carboxylic acids is 1. The average Bonchev–Trinajstić information content (AvgIpc) is 3.43. The SMILES string of the molecule is O=CC1(Nc2noc3ccccc23)CCN(c2nc(-c3ccccc3)ns2)CC1. The average molecular weight is 405 g/mol. The molecule has 1 aliphatic rings. The summed E-state index contributed by atoms with van der Waals surface area (Å²) >= 11 is 1.39. The molecule has 0 spiro atoms. The third-order valence-corrected chi connectivity index (χ3v) is 6.12. The first-order valence-corrected chi connectivity index (χ1v) is 10.3. The molecule has 4 aromatic rings. The van der Waals surface area contributed by atoms with Crippen LogP contribution in [0.15, 0.2) is 59.1 Å². The molecule has 0 amide bonds. The van der Waals surface area contributed by atoms with Gasteiger partial charge in [-0.3, -0.25) is 0 Å². The van der Waals surface area contributed by atoms with Crippen LogP contribution in [0.2, 0.25) is 0 Å². The molecule has 0 bridgehead atoms. The fourth-order valence-corrected chi connectivity index (χ4v) is 4.37. The Labute approximate surface area is 171 Å². The highest BCUT2D eigenvalue weighted by molar-refractivity contribution is 7.09. The highest BCUT2D eigenvalue weighted by atomic mass is 32.1. The van der Waals surface area contributed by atoms with Gasteiger partial charge >= 0.3 is 0 Å². The molecule has 2 aromatic carbocycles. The minimum atomic E-state index is -0.664. The van der Waals surface area contributed by atoms with Gasteiger partial charge in [-0.1, -0.05) is 47.6 Å². The third-order valence-electron chi connectivity index (χ3n) is 5.34. The van der Waals surface area contributed by atoms with Crippen molar-refractivity contribution in [3.8, 4) is 11.4 Å². The molecule has 29 heavy (non-hydrogen) atoms. The van der Waals surface area contributed by atoms with Gasteiger partial charge in [0.2, 0.25) is 5.13 Å². The van der Waals surface area contributed by atoms with Gasteiger partial charge < -0.3 is 19.5 Å². The van der Waals surface area contributed by atoms with Crippen molar-refractivity contribution in [3.63, 3.8) is 0 Å². The first-order chi connectivity index (χ1) is 14.3. The lowest BCUT2D eigenvalue weighted by atomic mass is 9.89. The van der Waals surface area contributed by atoms with Crippen LogP contribution in [0, 0.1) is 0 Å². The van der Waals surface area contributed by atoms with Gasteiger partial charge in [0.05, 0.1) is 10.9 Å². The Balaban J connectivity index is 1.31. The van der Waals surface area contributed by atoms with E-state index in [9.17, 15) is 4.79 Å². The summed E-state index contributed by atoms with van der Waals surface area (Å²) < 4.78 is 9.85. The number of carbonyl (C=O) groups is 1. The van der Waals surface area contributed by atoms with Crippen molar-refractivity contribution in [3.05, 3.63) is 54.6 Å². The van der Waals surface area contributed by atoms with E-state index in [1.165, 1.54) is 11.5 Å². The number of rotatable bonds is 5. The van der Waals surface area contributed by atoms with Gasteiger partial charge in [0, 0.05) is 30.2 Å². The molecule has 0 aliphatic carbocycles. The van der Waals surface area contributed by atoms with Crippen LogP contribution in [0.4, 0.5) is 10.9 Å². The quantitative estimate of drug-likeness (QED) is 0.503. The van der Waals surface area contributed by atoms with E-state index < -0.39 is 5.54 Å². The van der Waals surface area contributed by atoms with Crippen LogP contribution in [-0.2, 0) is 4.79 Å². The van der Waals surface area contributed by atoms with Crippen molar-refractivity contribution in [1.29, 1.82) is 0 Å². The van der Waals surface area contributed by atoms with Crippen molar-refractivity contribution >= 4 is 39.7 Å². The van der Waals surface area contributed by atoms with Crippen molar-refractivity contribution in [2.45, 2.75) is 18.4 Å². The van der Waals surface area contributed by atoms with E-state index in [0.29, 0.717) is 37.3 Å². The Morgan fingerprint density at radius 1 is 1.07 bits per heavy atom. The van der Waals surface area contributed by atoms with Gasteiger partial charge in [-0.15, -0.1) is 0 Å². The van der Waals surface area contributed by atoms with E-state index in [2.05, 4.69) is 19.7 Å². The second-order valence-corrected chi connectivity index (χ2v) is 7.91. The van der Waals surface area contributed by atoms with Crippen LogP contribution in [0.5, 0.6) is 0 Å². The van der Waals surface area contributed by atoms with Crippen molar-refractivity contribution < 1.29 is 9.32 Å². The van der Waals surface area contributed by atoms with Crippen LogP contribution in [0.25, 0.3) is 22.4 Å². The predicted molar refractivity (Wildman–Crippen MR) is 113 cm³/mol. The number of aromatic nitrogens is 3. The van der Waals surface area contributed by atoms with Gasteiger partial charge in [0.15, 0.2) is 17.2 Å². The maximum Gasteiger partial charge on any atom is 0.205 e. The smallest absolute Gasteiger partial charge is 0.205 e.